The van der Waals surface area contributed by atoms with Crippen LogP contribution in [0.3, 0.4) is 0 Å². The van der Waals surface area contributed by atoms with Gasteiger partial charge in [-0.1, -0.05) is 35.9 Å². The maximum atomic E-state index is 13.8. The van der Waals surface area contributed by atoms with Gasteiger partial charge in [0.1, 0.15) is 18.3 Å². The molecule has 1 unspecified atom stereocenters. The largest absolute Gasteiger partial charge is 0.497 e. The zero-order valence-electron chi connectivity index (χ0n) is 18.3. The summed E-state index contributed by atoms with van der Waals surface area (Å²) in [6.07, 6.45) is 0. The average molecular weight is 415 g/mol. The third kappa shape index (κ3) is 4.04. The monoisotopic (exact) mass is 414 g/mol. The van der Waals surface area contributed by atoms with Crippen LogP contribution in [0, 0.1) is 20.8 Å². The second-order valence-corrected chi connectivity index (χ2v) is 8.05. The second-order valence-electron chi connectivity index (χ2n) is 8.05. The lowest BCUT2D eigenvalue weighted by molar-refractivity contribution is -0.128. The predicted molar refractivity (Wildman–Crippen MR) is 123 cm³/mol. The molecule has 0 radical (unpaired) electrons. The summed E-state index contributed by atoms with van der Waals surface area (Å²) >= 11 is 0. The van der Waals surface area contributed by atoms with Gasteiger partial charge in [-0.25, -0.2) is 0 Å². The van der Waals surface area contributed by atoms with E-state index in [1.165, 1.54) is 0 Å². The third-order valence-corrected chi connectivity index (χ3v) is 5.58. The van der Waals surface area contributed by atoms with E-state index in [9.17, 15) is 9.59 Å². The minimum absolute atomic E-state index is 0.00153. The normalized spacial score (nSPS) is 16.6. The molecule has 1 heterocycles. The van der Waals surface area contributed by atoms with E-state index in [-0.39, 0.29) is 18.4 Å². The second kappa shape index (κ2) is 8.26. The highest BCUT2D eigenvalue weighted by molar-refractivity contribution is 6.14. The third-order valence-electron chi connectivity index (χ3n) is 5.58. The van der Waals surface area contributed by atoms with E-state index < -0.39 is 6.04 Å². The maximum Gasteiger partial charge on any atom is 0.255 e. The highest BCUT2D eigenvalue weighted by Gasteiger charge is 2.42. The molecule has 1 atom stereocenters. The fourth-order valence-corrected chi connectivity index (χ4v) is 4.10. The van der Waals surface area contributed by atoms with E-state index in [4.69, 9.17) is 4.74 Å². The quantitative estimate of drug-likeness (QED) is 0.620. The smallest absolute Gasteiger partial charge is 0.255 e. The first kappa shape index (κ1) is 20.7. The van der Waals surface area contributed by atoms with Gasteiger partial charge in [0.25, 0.3) is 5.91 Å². The number of hydrogen-bond donors (Lipinski definition) is 0. The first-order valence-electron chi connectivity index (χ1n) is 10.3. The molecule has 1 saturated heterocycles. The molecule has 0 aromatic heterocycles. The molecular formula is C26H26N2O3. The summed E-state index contributed by atoms with van der Waals surface area (Å²) < 4.78 is 5.27. The number of nitrogens with zero attached hydrogens (tertiary/aromatic N) is 2. The molecule has 0 spiro atoms. The summed E-state index contributed by atoms with van der Waals surface area (Å²) in [5.41, 5.74) is 5.40. The van der Waals surface area contributed by atoms with Crippen molar-refractivity contribution in [2.45, 2.75) is 26.8 Å². The summed E-state index contributed by atoms with van der Waals surface area (Å²) in [5, 5.41) is 0. The Morgan fingerprint density at radius 2 is 1.39 bits per heavy atom. The van der Waals surface area contributed by atoms with E-state index >= 15 is 0 Å². The van der Waals surface area contributed by atoms with Crippen molar-refractivity contribution in [3.05, 3.63) is 89.0 Å². The molecule has 31 heavy (non-hydrogen) atoms. The average Bonchev–Trinajstić information content (AvgIpc) is 2.75. The minimum atomic E-state index is -0.755. The number of anilines is 2. The fourth-order valence-electron chi connectivity index (χ4n) is 4.10. The summed E-state index contributed by atoms with van der Waals surface area (Å²) in [4.78, 5) is 30.4. The van der Waals surface area contributed by atoms with Crippen molar-refractivity contribution in [3.8, 4) is 5.75 Å². The molecule has 0 aliphatic carbocycles. The van der Waals surface area contributed by atoms with Gasteiger partial charge in [-0.3, -0.25) is 14.5 Å². The van der Waals surface area contributed by atoms with Gasteiger partial charge < -0.3 is 9.64 Å². The number of hydrogen-bond acceptors (Lipinski definition) is 3. The van der Waals surface area contributed by atoms with Crippen molar-refractivity contribution >= 4 is 23.2 Å². The fraction of sp³-hybridized carbons (Fsp3) is 0.231. The van der Waals surface area contributed by atoms with Gasteiger partial charge in [-0.05, 0) is 73.9 Å². The molecule has 5 nitrogen and oxygen atoms in total. The number of ether oxygens (including phenoxy) is 1. The number of carbonyl (C=O) groups is 2. The van der Waals surface area contributed by atoms with Crippen LogP contribution in [0.4, 0.5) is 11.4 Å². The summed E-state index contributed by atoms with van der Waals surface area (Å²) in [6, 6.07) is 20.2. The SMILES string of the molecule is COc1ccc(C2C(=O)N(c3ccc(C)cc3)CC(=O)N2c2cc(C)cc(C)c2)cc1. The molecule has 0 saturated carbocycles. The van der Waals surface area contributed by atoms with E-state index in [0.717, 1.165) is 33.6 Å². The zero-order valence-corrected chi connectivity index (χ0v) is 18.3. The Morgan fingerprint density at radius 3 is 1.97 bits per heavy atom. The first-order valence-corrected chi connectivity index (χ1v) is 10.3. The van der Waals surface area contributed by atoms with Crippen molar-refractivity contribution in [1.82, 2.24) is 0 Å². The first-order chi connectivity index (χ1) is 14.9. The van der Waals surface area contributed by atoms with Crippen LogP contribution in [0.15, 0.2) is 66.7 Å². The Labute approximate surface area is 182 Å². The molecule has 1 aliphatic heterocycles. The van der Waals surface area contributed by atoms with Gasteiger partial charge >= 0.3 is 0 Å². The Kier molecular flexibility index (Phi) is 5.51. The molecule has 5 heteroatoms. The lowest BCUT2D eigenvalue weighted by Crippen LogP contribution is -2.56. The van der Waals surface area contributed by atoms with Crippen molar-refractivity contribution in [3.63, 3.8) is 0 Å². The van der Waals surface area contributed by atoms with Crippen molar-refractivity contribution < 1.29 is 14.3 Å². The highest BCUT2D eigenvalue weighted by atomic mass is 16.5. The van der Waals surface area contributed by atoms with E-state index in [2.05, 4.69) is 6.07 Å². The van der Waals surface area contributed by atoms with Crippen LogP contribution in [0.1, 0.15) is 28.3 Å². The van der Waals surface area contributed by atoms with Crippen LogP contribution in [0.5, 0.6) is 5.75 Å². The van der Waals surface area contributed by atoms with Gasteiger partial charge in [0.05, 0.1) is 7.11 Å². The summed E-state index contributed by atoms with van der Waals surface area (Å²) in [5.74, 6) is 0.449. The highest BCUT2D eigenvalue weighted by Crippen LogP contribution is 2.36. The van der Waals surface area contributed by atoms with E-state index in [1.807, 2.05) is 81.4 Å². The van der Waals surface area contributed by atoms with Crippen LogP contribution in [-0.2, 0) is 9.59 Å². The number of benzene rings is 3. The van der Waals surface area contributed by atoms with E-state index in [1.54, 1.807) is 16.9 Å². The number of rotatable bonds is 4. The van der Waals surface area contributed by atoms with Gasteiger partial charge in [0.2, 0.25) is 5.91 Å². The molecule has 2 amide bonds. The lowest BCUT2D eigenvalue weighted by Gasteiger charge is -2.40. The molecule has 0 bridgehead atoms. The lowest BCUT2D eigenvalue weighted by atomic mass is 9.98. The predicted octanol–water partition coefficient (Wildman–Crippen LogP) is 4.74. The van der Waals surface area contributed by atoms with Gasteiger partial charge in [-0.2, -0.15) is 0 Å². The molecular weight excluding hydrogens is 388 g/mol. The molecule has 3 aromatic carbocycles. The van der Waals surface area contributed by atoms with Crippen molar-refractivity contribution in [2.75, 3.05) is 23.5 Å². The Morgan fingerprint density at radius 1 is 0.774 bits per heavy atom. The maximum absolute atomic E-state index is 13.8. The number of carbonyl (C=O) groups excluding carboxylic acids is 2. The Bertz CT molecular complexity index is 1100. The Balaban J connectivity index is 1.82. The van der Waals surface area contributed by atoms with Gasteiger partial charge in [0, 0.05) is 11.4 Å². The van der Waals surface area contributed by atoms with Crippen molar-refractivity contribution in [1.29, 1.82) is 0 Å². The number of piperazine rings is 1. The van der Waals surface area contributed by atoms with Crippen LogP contribution >= 0.6 is 0 Å². The van der Waals surface area contributed by atoms with Crippen molar-refractivity contribution in [2.24, 2.45) is 0 Å². The molecule has 3 aromatic rings. The number of aryl methyl sites for hydroxylation is 3. The zero-order chi connectivity index (χ0) is 22.1. The van der Waals surface area contributed by atoms with Crippen LogP contribution in [0.25, 0.3) is 0 Å². The van der Waals surface area contributed by atoms with E-state index in [0.29, 0.717) is 5.75 Å². The molecule has 1 aliphatic rings. The summed E-state index contributed by atoms with van der Waals surface area (Å²) in [6.45, 7) is 5.98. The molecule has 158 valence electrons. The standard InChI is InChI=1S/C26H26N2O3/c1-17-5-9-21(10-6-17)27-16-24(29)28(22-14-18(2)13-19(3)15-22)25(26(27)30)20-7-11-23(31-4)12-8-20/h5-15,25H,16H2,1-4H3. The molecule has 4 rings (SSSR count). The number of methoxy groups -OCH3 is 1. The van der Waals surface area contributed by atoms with Crippen LogP contribution < -0.4 is 14.5 Å². The van der Waals surface area contributed by atoms with Gasteiger partial charge in [0.15, 0.2) is 0 Å². The summed E-state index contributed by atoms with van der Waals surface area (Å²) in [7, 11) is 1.60. The number of amides is 2. The molecule has 0 N–H and O–H groups in total. The topological polar surface area (TPSA) is 49.9 Å². The minimum Gasteiger partial charge on any atom is -0.497 e. The van der Waals surface area contributed by atoms with Crippen LogP contribution in [0.2, 0.25) is 0 Å². The van der Waals surface area contributed by atoms with Crippen LogP contribution in [-0.4, -0.2) is 25.5 Å². The Hall–Kier alpha value is -3.60. The van der Waals surface area contributed by atoms with Gasteiger partial charge in [-0.15, -0.1) is 0 Å². The molecule has 1 fully saturated rings.